The maximum absolute atomic E-state index is 14.3. The molecule has 1 aliphatic rings. The summed E-state index contributed by atoms with van der Waals surface area (Å²) in [6.07, 6.45) is 2.65. The normalized spacial score (nSPS) is 15.0. The van der Waals surface area contributed by atoms with E-state index in [4.69, 9.17) is 4.42 Å². The Hall–Kier alpha value is -2.58. The van der Waals surface area contributed by atoms with E-state index in [-0.39, 0.29) is 11.1 Å². The molecule has 1 aromatic carbocycles. The molecule has 3 heterocycles. The number of hydrogen-bond acceptors (Lipinski definition) is 5. The van der Waals surface area contributed by atoms with Gasteiger partial charge in [0.2, 0.25) is 4.90 Å². The Bertz CT molecular complexity index is 987. The van der Waals surface area contributed by atoms with Gasteiger partial charge in [-0.15, -0.1) is 0 Å². The standard InChI is InChI=1S/C18H16FN3O3S/c1-11-17(4-2-5-20-11)26(24)21-18(23)16-10-13-14(19)8-12(9-15(13)25-16)22-6-3-7-22/h2,4-5,8-10H,3,6-7H2,1H3,(H,21,23). The highest BCUT2D eigenvalue weighted by atomic mass is 32.2. The van der Waals surface area contributed by atoms with E-state index in [0.717, 1.165) is 25.2 Å². The highest BCUT2D eigenvalue weighted by Gasteiger charge is 2.24. The number of halogens is 1. The predicted molar refractivity (Wildman–Crippen MR) is 95.9 cm³/mol. The second-order valence-corrected chi connectivity index (χ2v) is 7.26. The van der Waals surface area contributed by atoms with E-state index in [9.17, 15) is 13.7 Å². The molecule has 6 nitrogen and oxygen atoms in total. The van der Waals surface area contributed by atoms with Crippen LogP contribution in [0.1, 0.15) is 22.7 Å². The fraction of sp³-hybridized carbons (Fsp3) is 0.222. The van der Waals surface area contributed by atoms with Crippen LogP contribution in [0.4, 0.5) is 10.1 Å². The van der Waals surface area contributed by atoms with Crippen LogP contribution in [-0.2, 0) is 11.4 Å². The van der Waals surface area contributed by atoms with E-state index in [1.807, 2.05) is 4.90 Å². The third kappa shape index (κ3) is 3.02. The molecule has 0 radical (unpaired) electrons. The van der Waals surface area contributed by atoms with Crippen molar-refractivity contribution in [2.24, 2.45) is 0 Å². The van der Waals surface area contributed by atoms with Crippen LogP contribution in [0, 0.1) is 12.7 Å². The molecule has 1 amide bonds. The van der Waals surface area contributed by atoms with Gasteiger partial charge in [0.15, 0.2) is 5.76 Å². The van der Waals surface area contributed by atoms with Crippen molar-refractivity contribution < 1.29 is 18.2 Å². The molecule has 1 N–H and O–H groups in total. The summed E-state index contributed by atoms with van der Waals surface area (Å²) in [7, 11) is 0. The van der Waals surface area contributed by atoms with E-state index < -0.39 is 23.1 Å². The predicted octanol–water partition coefficient (Wildman–Crippen LogP) is 2.94. The summed E-state index contributed by atoms with van der Waals surface area (Å²) in [5.74, 6) is -1.21. The Morgan fingerprint density at radius 1 is 1.38 bits per heavy atom. The molecule has 1 unspecified atom stereocenters. The molecule has 3 aromatic rings. The first-order valence-corrected chi connectivity index (χ1v) is 9.30. The summed E-state index contributed by atoms with van der Waals surface area (Å²) in [6.45, 7) is 3.46. The second kappa shape index (κ2) is 6.62. The van der Waals surface area contributed by atoms with E-state index in [1.165, 1.54) is 12.1 Å². The molecular formula is C18H16FN3O3S. The molecule has 4 rings (SSSR count). The first kappa shape index (κ1) is 16.9. The van der Waals surface area contributed by atoms with Crippen molar-refractivity contribution in [1.29, 1.82) is 0 Å². The SMILES string of the molecule is Cc1ncccc1[S+]([O-])NC(=O)c1cc2c(F)cc(N3CCC3)cc2o1. The number of rotatable bonds is 4. The first-order valence-electron chi connectivity index (χ1n) is 8.15. The van der Waals surface area contributed by atoms with Gasteiger partial charge in [-0.1, -0.05) is 0 Å². The lowest BCUT2D eigenvalue weighted by atomic mass is 10.1. The van der Waals surface area contributed by atoms with Gasteiger partial charge >= 0.3 is 5.91 Å². The number of aromatic nitrogens is 1. The molecule has 134 valence electrons. The minimum absolute atomic E-state index is 0.0884. The molecule has 0 aliphatic carbocycles. The number of fused-ring (bicyclic) bond motifs is 1. The van der Waals surface area contributed by atoms with Crippen LogP contribution in [-0.4, -0.2) is 28.5 Å². The van der Waals surface area contributed by atoms with Crippen molar-refractivity contribution in [3.8, 4) is 0 Å². The van der Waals surface area contributed by atoms with Gasteiger partial charge in [-0.05, 0) is 31.5 Å². The van der Waals surface area contributed by atoms with Gasteiger partial charge < -0.3 is 13.9 Å². The zero-order valence-electron chi connectivity index (χ0n) is 14.0. The summed E-state index contributed by atoms with van der Waals surface area (Å²) >= 11 is -1.78. The summed E-state index contributed by atoms with van der Waals surface area (Å²) in [6, 6.07) is 7.75. The Balaban J connectivity index is 1.59. The average Bonchev–Trinajstić information content (AvgIpc) is 2.98. The van der Waals surface area contributed by atoms with E-state index in [0.29, 0.717) is 16.2 Å². The topological polar surface area (TPSA) is 81.4 Å². The number of carbonyl (C=O) groups is 1. The number of hydrogen-bond donors (Lipinski definition) is 1. The number of benzene rings is 1. The van der Waals surface area contributed by atoms with Crippen molar-refractivity contribution in [3.63, 3.8) is 0 Å². The second-order valence-electron chi connectivity index (χ2n) is 6.08. The maximum Gasteiger partial charge on any atom is 0.328 e. The number of anilines is 1. The lowest BCUT2D eigenvalue weighted by Crippen LogP contribution is -2.36. The lowest BCUT2D eigenvalue weighted by molar-refractivity contribution is 0.0956. The van der Waals surface area contributed by atoms with Crippen LogP contribution in [0.3, 0.4) is 0 Å². The Morgan fingerprint density at radius 2 is 2.19 bits per heavy atom. The van der Waals surface area contributed by atoms with Gasteiger partial charge in [-0.3, -0.25) is 9.78 Å². The van der Waals surface area contributed by atoms with Gasteiger partial charge in [-0.2, -0.15) is 4.72 Å². The largest absolute Gasteiger partial charge is 0.588 e. The fourth-order valence-corrected chi connectivity index (χ4v) is 3.71. The molecule has 1 aliphatic heterocycles. The molecule has 0 bridgehead atoms. The molecule has 1 fully saturated rings. The van der Waals surface area contributed by atoms with Crippen LogP contribution < -0.4 is 9.62 Å². The van der Waals surface area contributed by atoms with E-state index >= 15 is 0 Å². The molecule has 8 heteroatoms. The van der Waals surface area contributed by atoms with Gasteiger partial charge in [0.25, 0.3) is 0 Å². The zero-order valence-corrected chi connectivity index (χ0v) is 14.8. The number of nitrogens with one attached hydrogen (secondary N) is 1. The molecular weight excluding hydrogens is 357 g/mol. The number of aryl methyl sites for hydroxylation is 1. The average molecular weight is 373 g/mol. The fourth-order valence-electron chi connectivity index (χ4n) is 2.81. The van der Waals surface area contributed by atoms with Crippen LogP contribution in [0.15, 0.2) is 45.8 Å². The quantitative estimate of drug-likeness (QED) is 0.711. The number of pyridine rings is 1. The molecule has 2 aromatic heterocycles. The van der Waals surface area contributed by atoms with Crippen LogP contribution in [0.25, 0.3) is 11.0 Å². The smallest absolute Gasteiger partial charge is 0.328 e. The van der Waals surface area contributed by atoms with Gasteiger partial charge in [0.1, 0.15) is 22.8 Å². The minimum atomic E-state index is -1.78. The zero-order chi connectivity index (χ0) is 18.3. The summed E-state index contributed by atoms with van der Waals surface area (Å²) in [4.78, 5) is 18.8. The highest BCUT2D eigenvalue weighted by Crippen LogP contribution is 2.30. The third-order valence-corrected chi connectivity index (χ3v) is 5.56. The van der Waals surface area contributed by atoms with Gasteiger partial charge in [-0.25, -0.2) is 4.39 Å². The summed E-state index contributed by atoms with van der Waals surface area (Å²) in [5.41, 5.74) is 1.58. The van der Waals surface area contributed by atoms with Gasteiger partial charge in [0, 0.05) is 37.1 Å². The molecule has 0 saturated carbocycles. The maximum atomic E-state index is 14.3. The van der Waals surface area contributed by atoms with E-state index in [1.54, 1.807) is 31.3 Å². The molecule has 0 spiro atoms. The molecule has 1 saturated heterocycles. The Kier molecular flexibility index (Phi) is 4.29. The number of nitrogens with zero attached hydrogens (tertiary/aromatic N) is 2. The number of carbonyl (C=O) groups excluding carboxylic acids is 1. The van der Waals surface area contributed by atoms with Crippen molar-refractivity contribution in [1.82, 2.24) is 9.71 Å². The number of furan rings is 1. The third-order valence-electron chi connectivity index (χ3n) is 4.36. The van der Waals surface area contributed by atoms with E-state index in [2.05, 4.69) is 9.71 Å². The monoisotopic (exact) mass is 373 g/mol. The van der Waals surface area contributed by atoms with Crippen LogP contribution in [0.5, 0.6) is 0 Å². The van der Waals surface area contributed by atoms with Crippen LogP contribution >= 0.6 is 0 Å². The Labute approximate surface area is 152 Å². The van der Waals surface area contributed by atoms with Crippen molar-refractivity contribution in [2.75, 3.05) is 18.0 Å². The lowest BCUT2D eigenvalue weighted by Gasteiger charge is -2.33. The summed E-state index contributed by atoms with van der Waals surface area (Å²) < 4.78 is 34.5. The molecule has 26 heavy (non-hydrogen) atoms. The molecule has 1 atom stereocenters. The minimum Gasteiger partial charge on any atom is -0.588 e. The van der Waals surface area contributed by atoms with Crippen molar-refractivity contribution in [3.05, 3.63) is 53.8 Å². The van der Waals surface area contributed by atoms with Gasteiger partial charge in [0.05, 0.1) is 11.1 Å². The van der Waals surface area contributed by atoms with Crippen molar-refractivity contribution >= 4 is 33.9 Å². The number of amides is 1. The summed E-state index contributed by atoms with van der Waals surface area (Å²) in [5, 5.41) is 0.225. The van der Waals surface area contributed by atoms with Crippen molar-refractivity contribution in [2.45, 2.75) is 18.2 Å². The Morgan fingerprint density at radius 3 is 2.88 bits per heavy atom. The first-order chi connectivity index (χ1) is 12.5. The van der Waals surface area contributed by atoms with Crippen LogP contribution in [0.2, 0.25) is 0 Å². The highest BCUT2D eigenvalue weighted by molar-refractivity contribution is 7.90.